The van der Waals surface area contributed by atoms with Crippen LogP contribution in [0.15, 0.2) is 45.8 Å². The van der Waals surface area contributed by atoms with Crippen LogP contribution in [0.2, 0.25) is 0 Å². The number of hydrogen-bond acceptors (Lipinski definition) is 3. The molecule has 1 atom stereocenters. The standard InChI is InChI=1S/C19H15BrF2O3S/c1-19(2)18(23)16(11-6-12(21)9-13(22)7-11)17(25-19)10-4-5-15(26(3)24)14(20)8-10/h4-9H,1-3H3. The van der Waals surface area contributed by atoms with Crippen molar-refractivity contribution in [3.05, 3.63) is 63.6 Å². The number of carbonyl (C=O) groups excluding carboxylic acids is 1. The summed E-state index contributed by atoms with van der Waals surface area (Å²) in [5.41, 5.74) is -0.380. The van der Waals surface area contributed by atoms with Gasteiger partial charge in [-0.3, -0.25) is 4.79 Å². The summed E-state index contributed by atoms with van der Waals surface area (Å²) in [7, 11) is 0. The fraction of sp³-hybridized carbons (Fsp3) is 0.211. The number of ketones is 1. The third-order valence-electron chi connectivity index (χ3n) is 4.01. The summed E-state index contributed by atoms with van der Waals surface area (Å²) in [6.45, 7) is 3.20. The van der Waals surface area contributed by atoms with Crippen molar-refractivity contribution < 1.29 is 22.9 Å². The lowest BCUT2D eigenvalue weighted by Gasteiger charge is -2.18. The van der Waals surface area contributed by atoms with Gasteiger partial charge in [0, 0.05) is 11.6 Å². The minimum Gasteiger partial charge on any atom is -0.612 e. The van der Waals surface area contributed by atoms with Crippen molar-refractivity contribution in [3.63, 3.8) is 0 Å². The van der Waals surface area contributed by atoms with Gasteiger partial charge in [-0.1, -0.05) is 0 Å². The Kier molecular flexibility index (Phi) is 4.98. The van der Waals surface area contributed by atoms with Crippen LogP contribution >= 0.6 is 15.9 Å². The fourth-order valence-corrected chi connectivity index (χ4v) is 4.45. The predicted octanol–water partition coefficient (Wildman–Crippen LogP) is 4.71. The van der Waals surface area contributed by atoms with Crippen molar-refractivity contribution >= 4 is 44.2 Å². The number of rotatable bonds is 3. The van der Waals surface area contributed by atoms with Gasteiger partial charge >= 0.3 is 0 Å². The van der Waals surface area contributed by atoms with Crippen molar-refractivity contribution in [1.29, 1.82) is 0 Å². The SMILES string of the molecule is C[S+]([O-])c1ccc(C2=C(c3cc(F)cc(F)c3)C(=O)C(C)(C)O2)cc1Br. The monoisotopic (exact) mass is 440 g/mol. The van der Waals surface area contributed by atoms with E-state index >= 15 is 0 Å². The van der Waals surface area contributed by atoms with Crippen LogP contribution in [0.25, 0.3) is 11.3 Å². The van der Waals surface area contributed by atoms with Crippen LogP contribution in [0.3, 0.4) is 0 Å². The normalized spacial score (nSPS) is 17.4. The van der Waals surface area contributed by atoms with E-state index in [1.807, 2.05) is 0 Å². The highest BCUT2D eigenvalue weighted by Crippen LogP contribution is 2.42. The van der Waals surface area contributed by atoms with E-state index in [-0.39, 0.29) is 22.7 Å². The largest absolute Gasteiger partial charge is 0.612 e. The van der Waals surface area contributed by atoms with Gasteiger partial charge in [-0.15, -0.1) is 0 Å². The molecule has 1 heterocycles. The first-order valence-electron chi connectivity index (χ1n) is 7.68. The molecule has 0 radical (unpaired) electrons. The topological polar surface area (TPSA) is 49.4 Å². The number of Topliss-reactive ketones (excluding diaryl/α,β-unsaturated/α-hetero) is 1. The van der Waals surface area contributed by atoms with Crippen LogP contribution in [0.4, 0.5) is 8.78 Å². The van der Waals surface area contributed by atoms with Crippen LogP contribution in [0.1, 0.15) is 25.0 Å². The van der Waals surface area contributed by atoms with E-state index in [4.69, 9.17) is 4.74 Å². The summed E-state index contributed by atoms with van der Waals surface area (Å²) in [6, 6.07) is 7.96. The lowest BCUT2D eigenvalue weighted by molar-refractivity contribution is -0.125. The minimum atomic E-state index is -1.19. The van der Waals surface area contributed by atoms with Gasteiger partial charge in [0.2, 0.25) is 5.78 Å². The molecule has 0 N–H and O–H groups in total. The Morgan fingerprint density at radius 3 is 2.23 bits per heavy atom. The maximum absolute atomic E-state index is 13.7. The third-order valence-corrected chi connectivity index (χ3v) is 5.91. The molecule has 0 aromatic heterocycles. The molecule has 0 aliphatic carbocycles. The Hall–Kier alpha value is -1.70. The molecule has 136 valence electrons. The molecule has 1 aliphatic heterocycles. The summed E-state index contributed by atoms with van der Waals surface area (Å²) in [4.78, 5) is 13.4. The van der Waals surface area contributed by atoms with E-state index in [0.29, 0.717) is 14.9 Å². The molecule has 3 rings (SSSR count). The molecule has 2 aromatic carbocycles. The second-order valence-electron chi connectivity index (χ2n) is 6.40. The van der Waals surface area contributed by atoms with Crippen molar-refractivity contribution in [2.24, 2.45) is 0 Å². The average molecular weight is 441 g/mol. The third kappa shape index (κ3) is 3.43. The van der Waals surface area contributed by atoms with E-state index in [1.54, 1.807) is 38.3 Å². The highest BCUT2D eigenvalue weighted by Gasteiger charge is 2.43. The minimum absolute atomic E-state index is 0.116. The van der Waals surface area contributed by atoms with Crippen LogP contribution in [0.5, 0.6) is 0 Å². The zero-order chi connectivity index (χ0) is 19.2. The van der Waals surface area contributed by atoms with Crippen LogP contribution in [-0.4, -0.2) is 22.2 Å². The number of carbonyl (C=O) groups is 1. The number of halogens is 3. The van der Waals surface area contributed by atoms with Crippen LogP contribution < -0.4 is 0 Å². The Morgan fingerprint density at radius 1 is 1.08 bits per heavy atom. The van der Waals surface area contributed by atoms with E-state index in [9.17, 15) is 18.1 Å². The van der Waals surface area contributed by atoms with Gasteiger partial charge < -0.3 is 9.29 Å². The predicted molar refractivity (Wildman–Crippen MR) is 99.8 cm³/mol. The van der Waals surface area contributed by atoms with Gasteiger partial charge in [-0.25, -0.2) is 8.78 Å². The lowest BCUT2D eigenvalue weighted by atomic mass is 9.92. The summed E-state index contributed by atoms with van der Waals surface area (Å²) in [6.07, 6.45) is 1.55. The summed E-state index contributed by atoms with van der Waals surface area (Å²) >= 11 is 2.17. The van der Waals surface area contributed by atoms with Crippen molar-refractivity contribution in [2.75, 3.05) is 6.26 Å². The maximum atomic E-state index is 13.7. The first kappa shape index (κ1) is 19.1. The Morgan fingerprint density at radius 2 is 1.69 bits per heavy atom. The molecule has 0 saturated heterocycles. The zero-order valence-electron chi connectivity index (χ0n) is 14.2. The van der Waals surface area contributed by atoms with Gasteiger partial charge in [0.05, 0.1) is 10.0 Å². The van der Waals surface area contributed by atoms with Gasteiger partial charge in [0.1, 0.15) is 23.6 Å². The van der Waals surface area contributed by atoms with Crippen molar-refractivity contribution in [2.45, 2.75) is 24.3 Å². The number of ether oxygens (including phenoxy) is 1. The highest BCUT2D eigenvalue weighted by molar-refractivity contribution is 9.10. The molecule has 0 saturated carbocycles. The van der Waals surface area contributed by atoms with Gasteiger partial charge in [-0.2, -0.15) is 0 Å². The molecule has 7 heteroatoms. The van der Waals surface area contributed by atoms with E-state index in [1.165, 1.54) is 0 Å². The van der Waals surface area contributed by atoms with Crippen molar-refractivity contribution in [1.82, 2.24) is 0 Å². The maximum Gasteiger partial charge on any atom is 0.210 e. The molecule has 0 fully saturated rings. The average Bonchev–Trinajstić information content (AvgIpc) is 2.76. The van der Waals surface area contributed by atoms with E-state index in [0.717, 1.165) is 18.2 Å². The molecule has 3 nitrogen and oxygen atoms in total. The molecule has 0 bridgehead atoms. The smallest absolute Gasteiger partial charge is 0.210 e. The van der Waals surface area contributed by atoms with Gasteiger partial charge in [-0.05, 0) is 76.8 Å². The number of hydrogen-bond donors (Lipinski definition) is 0. The molecule has 1 aliphatic rings. The summed E-state index contributed by atoms with van der Waals surface area (Å²) in [5.74, 6) is -1.68. The number of benzene rings is 2. The van der Waals surface area contributed by atoms with Crippen molar-refractivity contribution in [3.8, 4) is 0 Å². The lowest BCUT2D eigenvalue weighted by Crippen LogP contribution is -2.29. The van der Waals surface area contributed by atoms with E-state index in [2.05, 4.69) is 15.9 Å². The first-order chi connectivity index (χ1) is 12.1. The second-order valence-corrected chi connectivity index (χ2v) is 8.61. The molecule has 2 aromatic rings. The first-order valence-corrected chi connectivity index (χ1v) is 10.0. The molecule has 0 amide bonds. The van der Waals surface area contributed by atoms with E-state index < -0.39 is 28.4 Å². The van der Waals surface area contributed by atoms with Crippen LogP contribution in [-0.2, 0) is 20.7 Å². The Labute approximate surface area is 161 Å². The Bertz CT molecular complexity index is 918. The Balaban J connectivity index is 2.22. The van der Waals surface area contributed by atoms with Gasteiger partial charge in [0.25, 0.3) is 0 Å². The molecular weight excluding hydrogens is 426 g/mol. The zero-order valence-corrected chi connectivity index (χ0v) is 16.6. The molecule has 0 spiro atoms. The molecular formula is C19H15BrF2O3S. The quantitative estimate of drug-likeness (QED) is 0.649. The second kappa shape index (κ2) is 6.79. The summed E-state index contributed by atoms with van der Waals surface area (Å²) < 4.78 is 45.5. The molecule has 1 unspecified atom stereocenters. The summed E-state index contributed by atoms with van der Waals surface area (Å²) in [5, 5.41) is 0. The fourth-order valence-electron chi connectivity index (χ4n) is 2.80. The van der Waals surface area contributed by atoms with Gasteiger partial charge in [0.15, 0.2) is 10.5 Å². The van der Waals surface area contributed by atoms with Crippen LogP contribution in [0, 0.1) is 11.6 Å². The molecule has 26 heavy (non-hydrogen) atoms. The highest BCUT2D eigenvalue weighted by atomic mass is 79.9.